The number of pyridine rings is 1. The molecule has 1 aromatic carbocycles. The van der Waals surface area contributed by atoms with E-state index in [9.17, 15) is 17.6 Å². The van der Waals surface area contributed by atoms with E-state index >= 15 is 0 Å². The molecule has 0 aliphatic carbocycles. The molecular weight excluding hydrogens is 413 g/mol. The normalized spacial score (nSPS) is 15.6. The Morgan fingerprint density at radius 3 is 2.55 bits per heavy atom. The van der Waals surface area contributed by atoms with E-state index in [-0.39, 0.29) is 17.2 Å². The predicted molar refractivity (Wildman–Crippen MR) is 112 cm³/mol. The van der Waals surface area contributed by atoms with Crippen LogP contribution in [0.25, 0.3) is 0 Å². The minimum atomic E-state index is -3.51. The fraction of sp³-hybridized carbons (Fsp3) is 0.400. The predicted octanol–water partition coefficient (Wildman–Crippen LogP) is 3.91. The molecule has 156 valence electrons. The molecule has 0 saturated carbocycles. The van der Waals surface area contributed by atoms with Gasteiger partial charge in [-0.15, -0.1) is 11.8 Å². The number of thioether (sulfide) groups is 1. The third-order valence-electron chi connectivity index (χ3n) is 4.60. The average Bonchev–Trinajstić information content (AvgIpc) is 2.98. The molecule has 1 aliphatic rings. The summed E-state index contributed by atoms with van der Waals surface area (Å²) in [5, 5.41) is 3.29. The third-order valence-corrected chi connectivity index (χ3v) is 7.43. The smallest absolute Gasteiger partial charge is 0.244 e. The molecule has 2 aromatic rings. The molecule has 9 heteroatoms. The maximum absolute atomic E-state index is 13.1. The lowest BCUT2D eigenvalue weighted by Gasteiger charge is -2.19. The topological polar surface area (TPSA) is 79.4 Å². The standard InChI is InChI=1S/C20H24FN3O3S2/c21-16-6-5-7-17(14-16)23-19(25)10-13-28-20-9-8-18(15-22-20)29(26,27)24-11-3-1-2-4-12-24/h5-9,14-15H,1-4,10-13H2,(H,23,25). The molecule has 1 aliphatic heterocycles. The Kier molecular flexibility index (Phi) is 7.63. The van der Waals surface area contributed by atoms with Gasteiger partial charge in [0.05, 0.1) is 5.03 Å². The van der Waals surface area contributed by atoms with Crippen molar-refractivity contribution in [2.45, 2.75) is 42.0 Å². The molecule has 3 rings (SSSR count). The number of amides is 1. The van der Waals surface area contributed by atoms with E-state index in [1.54, 1.807) is 22.5 Å². The maximum atomic E-state index is 13.1. The molecule has 1 saturated heterocycles. The van der Waals surface area contributed by atoms with Gasteiger partial charge in [0.25, 0.3) is 0 Å². The first kappa shape index (κ1) is 21.7. The fourth-order valence-electron chi connectivity index (χ4n) is 3.07. The van der Waals surface area contributed by atoms with Crippen LogP contribution in [-0.2, 0) is 14.8 Å². The van der Waals surface area contributed by atoms with Gasteiger partial charge >= 0.3 is 0 Å². The van der Waals surface area contributed by atoms with Gasteiger partial charge in [-0.2, -0.15) is 4.31 Å². The lowest BCUT2D eigenvalue weighted by Crippen LogP contribution is -2.32. The number of anilines is 1. The van der Waals surface area contributed by atoms with E-state index in [4.69, 9.17) is 0 Å². The van der Waals surface area contributed by atoms with Crippen molar-refractivity contribution in [2.75, 3.05) is 24.2 Å². The summed E-state index contributed by atoms with van der Waals surface area (Å²) in [6, 6.07) is 8.97. The van der Waals surface area contributed by atoms with Gasteiger partial charge in [0.15, 0.2) is 0 Å². The minimum absolute atomic E-state index is 0.201. The summed E-state index contributed by atoms with van der Waals surface area (Å²) >= 11 is 1.37. The van der Waals surface area contributed by atoms with Crippen molar-refractivity contribution in [3.63, 3.8) is 0 Å². The second kappa shape index (κ2) is 10.2. The highest BCUT2D eigenvalue weighted by atomic mass is 32.2. The van der Waals surface area contributed by atoms with Crippen LogP contribution in [0.1, 0.15) is 32.1 Å². The van der Waals surface area contributed by atoms with Crippen LogP contribution in [0.2, 0.25) is 0 Å². The van der Waals surface area contributed by atoms with Crippen LogP contribution >= 0.6 is 11.8 Å². The minimum Gasteiger partial charge on any atom is -0.326 e. The Morgan fingerprint density at radius 1 is 1.14 bits per heavy atom. The van der Waals surface area contributed by atoms with Gasteiger partial charge in [0.1, 0.15) is 10.7 Å². The number of carbonyl (C=O) groups excluding carboxylic acids is 1. The fourth-order valence-corrected chi connectivity index (χ4v) is 5.32. The number of nitrogens with zero attached hydrogens (tertiary/aromatic N) is 2. The molecule has 1 fully saturated rings. The van der Waals surface area contributed by atoms with E-state index in [1.165, 1.54) is 36.2 Å². The summed E-state index contributed by atoms with van der Waals surface area (Å²) in [6.45, 7) is 1.11. The Hall–Kier alpha value is -1.97. The number of rotatable bonds is 7. The van der Waals surface area contributed by atoms with E-state index in [2.05, 4.69) is 10.3 Å². The van der Waals surface area contributed by atoms with Gasteiger partial charge in [-0.25, -0.2) is 17.8 Å². The molecule has 0 atom stereocenters. The van der Waals surface area contributed by atoms with Gasteiger partial charge in [-0.3, -0.25) is 4.79 Å². The van der Waals surface area contributed by atoms with Crippen molar-refractivity contribution in [1.82, 2.24) is 9.29 Å². The molecule has 29 heavy (non-hydrogen) atoms. The molecular formula is C20H24FN3O3S2. The van der Waals surface area contributed by atoms with Gasteiger partial charge in [-0.1, -0.05) is 18.9 Å². The summed E-state index contributed by atoms with van der Waals surface area (Å²) < 4.78 is 40.2. The molecule has 0 spiro atoms. The maximum Gasteiger partial charge on any atom is 0.244 e. The molecule has 2 heterocycles. The first-order valence-electron chi connectivity index (χ1n) is 9.59. The zero-order valence-electron chi connectivity index (χ0n) is 16.0. The second-order valence-electron chi connectivity index (χ2n) is 6.81. The Balaban J connectivity index is 1.50. The average molecular weight is 438 g/mol. The van der Waals surface area contributed by atoms with E-state index in [1.807, 2.05) is 0 Å². The SMILES string of the molecule is O=C(CCSc1ccc(S(=O)(=O)N2CCCCCC2)cn1)Nc1cccc(F)c1. The number of nitrogens with one attached hydrogen (secondary N) is 1. The van der Waals surface area contributed by atoms with E-state index in [0.29, 0.717) is 29.6 Å². The zero-order chi connectivity index (χ0) is 20.7. The Morgan fingerprint density at radius 2 is 1.90 bits per heavy atom. The second-order valence-corrected chi connectivity index (χ2v) is 9.86. The molecule has 0 unspecified atom stereocenters. The monoisotopic (exact) mass is 437 g/mol. The zero-order valence-corrected chi connectivity index (χ0v) is 17.6. The molecule has 1 N–H and O–H groups in total. The quantitative estimate of drug-likeness (QED) is 0.665. The van der Waals surface area contributed by atoms with Crippen LogP contribution in [0.15, 0.2) is 52.5 Å². The molecule has 1 amide bonds. The van der Waals surface area contributed by atoms with Crippen LogP contribution < -0.4 is 5.32 Å². The van der Waals surface area contributed by atoms with Gasteiger partial charge in [-0.05, 0) is 43.2 Å². The highest BCUT2D eigenvalue weighted by molar-refractivity contribution is 7.99. The molecule has 1 aromatic heterocycles. The number of hydrogen-bond donors (Lipinski definition) is 1. The van der Waals surface area contributed by atoms with Gasteiger partial charge < -0.3 is 5.32 Å². The van der Waals surface area contributed by atoms with Crippen molar-refractivity contribution < 1.29 is 17.6 Å². The summed E-state index contributed by atoms with van der Waals surface area (Å²) in [4.78, 5) is 16.4. The van der Waals surface area contributed by atoms with Crippen molar-refractivity contribution in [3.8, 4) is 0 Å². The number of hydrogen-bond acceptors (Lipinski definition) is 5. The molecule has 6 nitrogen and oxygen atoms in total. The van der Waals surface area contributed by atoms with Crippen LogP contribution in [0, 0.1) is 5.82 Å². The Bertz CT molecular complexity index is 928. The van der Waals surface area contributed by atoms with Crippen molar-refractivity contribution in [1.29, 1.82) is 0 Å². The number of sulfonamides is 1. The largest absolute Gasteiger partial charge is 0.326 e. The van der Waals surface area contributed by atoms with Gasteiger partial charge in [0, 0.05) is 37.1 Å². The van der Waals surface area contributed by atoms with Gasteiger partial charge in [0.2, 0.25) is 15.9 Å². The highest BCUT2D eigenvalue weighted by Gasteiger charge is 2.25. The highest BCUT2D eigenvalue weighted by Crippen LogP contribution is 2.22. The van der Waals surface area contributed by atoms with Crippen molar-refractivity contribution >= 4 is 33.4 Å². The van der Waals surface area contributed by atoms with E-state index < -0.39 is 15.8 Å². The summed E-state index contributed by atoms with van der Waals surface area (Å²) in [5.74, 6) is -0.146. The van der Waals surface area contributed by atoms with Crippen LogP contribution in [0.5, 0.6) is 0 Å². The number of halogens is 1. The van der Waals surface area contributed by atoms with E-state index in [0.717, 1.165) is 25.7 Å². The Labute approximate surface area is 175 Å². The number of aromatic nitrogens is 1. The first-order chi connectivity index (χ1) is 13.9. The summed E-state index contributed by atoms with van der Waals surface area (Å²) in [7, 11) is -3.51. The van der Waals surface area contributed by atoms with Crippen molar-refractivity contribution in [3.05, 3.63) is 48.4 Å². The summed E-state index contributed by atoms with van der Waals surface area (Å²) in [6.07, 6.45) is 5.52. The van der Waals surface area contributed by atoms with Crippen LogP contribution in [-0.4, -0.2) is 42.5 Å². The lowest BCUT2D eigenvalue weighted by molar-refractivity contribution is -0.115. The van der Waals surface area contributed by atoms with Crippen LogP contribution in [0.4, 0.5) is 10.1 Å². The van der Waals surface area contributed by atoms with Crippen LogP contribution in [0.3, 0.4) is 0 Å². The molecule has 0 radical (unpaired) electrons. The lowest BCUT2D eigenvalue weighted by atomic mass is 10.2. The third kappa shape index (κ3) is 6.25. The molecule has 0 bridgehead atoms. The first-order valence-corrected chi connectivity index (χ1v) is 12.0. The van der Waals surface area contributed by atoms with Crippen molar-refractivity contribution in [2.24, 2.45) is 0 Å². The number of carbonyl (C=O) groups is 1. The summed E-state index contributed by atoms with van der Waals surface area (Å²) in [5.41, 5.74) is 0.418. The number of benzene rings is 1.